The van der Waals surface area contributed by atoms with Crippen LogP contribution in [0.5, 0.6) is 0 Å². The summed E-state index contributed by atoms with van der Waals surface area (Å²) in [4.78, 5) is 21.4. The van der Waals surface area contributed by atoms with Gasteiger partial charge in [-0.25, -0.2) is 4.99 Å². The third-order valence-electron chi connectivity index (χ3n) is 5.63. The number of amidine groups is 1. The minimum atomic E-state index is -0.413. The van der Waals surface area contributed by atoms with Gasteiger partial charge < -0.3 is 21.3 Å². The quantitative estimate of drug-likeness (QED) is 0.555. The van der Waals surface area contributed by atoms with Gasteiger partial charge in [-0.05, 0) is 37.0 Å². The third kappa shape index (κ3) is 4.58. The topological polar surface area (TPSA) is 88.0 Å². The zero-order chi connectivity index (χ0) is 19.4. The molecule has 1 amide bonds. The normalized spacial score (nSPS) is 27.4. The van der Waals surface area contributed by atoms with Gasteiger partial charge in [0.25, 0.3) is 0 Å². The number of amides is 1. The fourth-order valence-electron chi connectivity index (χ4n) is 4.08. The molecule has 3 atom stereocenters. The van der Waals surface area contributed by atoms with Gasteiger partial charge in [0.1, 0.15) is 5.84 Å². The Bertz CT molecular complexity index is 655. The van der Waals surface area contributed by atoms with Crippen molar-refractivity contribution in [2.45, 2.75) is 43.9 Å². The van der Waals surface area contributed by atoms with Crippen LogP contribution in [0.1, 0.15) is 32.6 Å². The standard InChI is InChI=1S/C20H31N5OS/c1-3-23-19(18-14(2)6-7-16(18)21)24-8-10-25(11-9-24)20(26)17(22)13-15-5-4-12-27-15/h3-4,12,14-15,17H,1,5-11,13,21-22H2,2H3/t14-,15?,17-/m1/s1. The van der Waals surface area contributed by atoms with E-state index in [1.807, 2.05) is 4.90 Å². The summed E-state index contributed by atoms with van der Waals surface area (Å²) in [6.45, 7) is 8.79. The smallest absolute Gasteiger partial charge is 0.239 e. The molecule has 1 unspecified atom stereocenters. The molecule has 0 aromatic heterocycles. The largest absolute Gasteiger partial charge is 0.402 e. The van der Waals surface area contributed by atoms with Gasteiger partial charge in [0, 0.05) is 48.9 Å². The summed E-state index contributed by atoms with van der Waals surface area (Å²) in [5, 5.41) is 2.54. The molecule has 1 saturated heterocycles. The van der Waals surface area contributed by atoms with Crippen LogP contribution in [0.2, 0.25) is 0 Å². The summed E-state index contributed by atoms with van der Waals surface area (Å²) in [5.41, 5.74) is 14.5. The predicted octanol–water partition coefficient (Wildman–Crippen LogP) is 2.05. The average molecular weight is 390 g/mol. The average Bonchev–Trinajstić information content (AvgIpc) is 3.29. The second-order valence-electron chi connectivity index (χ2n) is 7.53. The van der Waals surface area contributed by atoms with E-state index in [1.165, 1.54) is 0 Å². The lowest BCUT2D eigenvalue weighted by Crippen LogP contribution is -2.55. The number of piperazine rings is 1. The molecule has 0 saturated carbocycles. The number of carbonyl (C=O) groups excluding carboxylic acids is 1. The van der Waals surface area contributed by atoms with E-state index in [4.69, 9.17) is 11.5 Å². The van der Waals surface area contributed by atoms with Crippen LogP contribution in [0.3, 0.4) is 0 Å². The summed E-state index contributed by atoms with van der Waals surface area (Å²) in [6, 6.07) is -0.413. The van der Waals surface area contributed by atoms with Crippen LogP contribution in [0, 0.1) is 5.92 Å². The first kappa shape index (κ1) is 20.0. The number of allylic oxidation sites excluding steroid dienone is 2. The predicted molar refractivity (Wildman–Crippen MR) is 113 cm³/mol. The highest BCUT2D eigenvalue weighted by Crippen LogP contribution is 2.31. The summed E-state index contributed by atoms with van der Waals surface area (Å²) in [7, 11) is 0. The van der Waals surface area contributed by atoms with Gasteiger partial charge >= 0.3 is 0 Å². The molecule has 1 aliphatic carbocycles. The molecule has 0 aromatic rings. The van der Waals surface area contributed by atoms with E-state index in [9.17, 15) is 4.79 Å². The Morgan fingerprint density at radius 1 is 1.41 bits per heavy atom. The van der Waals surface area contributed by atoms with Crippen LogP contribution >= 0.6 is 11.8 Å². The third-order valence-corrected chi connectivity index (χ3v) is 6.75. The molecule has 3 aliphatic rings. The van der Waals surface area contributed by atoms with Crippen molar-refractivity contribution in [3.63, 3.8) is 0 Å². The lowest BCUT2D eigenvalue weighted by atomic mass is 10.0. The molecule has 4 N–H and O–H groups in total. The van der Waals surface area contributed by atoms with Gasteiger partial charge in [-0.2, -0.15) is 0 Å². The monoisotopic (exact) mass is 389 g/mol. The van der Waals surface area contributed by atoms with Gasteiger partial charge in [-0.3, -0.25) is 4.79 Å². The van der Waals surface area contributed by atoms with Crippen molar-refractivity contribution in [3.8, 4) is 0 Å². The van der Waals surface area contributed by atoms with Crippen LogP contribution in [-0.4, -0.2) is 59.0 Å². The highest BCUT2D eigenvalue weighted by molar-refractivity contribution is 8.03. The van der Waals surface area contributed by atoms with E-state index in [0.29, 0.717) is 24.3 Å². The maximum Gasteiger partial charge on any atom is 0.239 e. The molecular weight excluding hydrogens is 358 g/mol. The van der Waals surface area contributed by atoms with E-state index in [1.54, 1.807) is 18.0 Å². The zero-order valence-corrected chi connectivity index (χ0v) is 17.0. The van der Waals surface area contributed by atoms with Crippen molar-refractivity contribution in [2.24, 2.45) is 22.4 Å². The molecule has 148 valence electrons. The maximum absolute atomic E-state index is 12.7. The van der Waals surface area contributed by atoms with Crippen molar-refractivity contribution < 1.29 is 4.79 Å². The number of thioether (sulfide) groups is 1. The molecule has 7 heteroatoms. The van der Waals surface area contributed by atoms with E-state index < -0.39 is 6.04 Å². The van der Waals surface area contributed by atoms with E-state index in [2.05, 4.69) is 34.9 Å². The number of hydrogen-bond donors (Lipinski definition) is 2. The lowest BCUT2D eigenvalue weighted by Gasteiger charge is -2.38. The highest BCUT2D eigenvalue weighted by atomic mass is 32.2. The molecule has 0 radical (unpaired) electrons. The van der Waals surface area contributed by atoms with Crippen molar-refractivity contribution in [1.29, 1.82) is 0 Å². The molecular formula is C20H31N5OS. The van der Waals surface area contributed by atoms with Crippen LogP contribution in [-0.2, 0) is 4.79 Å². The Kier molecular flexibility index (Phi) is 6.65. The number of carbonyl (C=O) groups is 1. The van der Waals surface area contributed by atoms with Gasteiger partial charge in [0.15, 0.2) is 0 Å². The molecule has 0 spiro atoms. The molecule has 0 bridgehead atoms. The molecule has 0 aromatic carbocycles. The number of aliphatic imine (C=N–C) groups is 1. The summed E-state index contributed by atoms with van der Waals surface area (Å²) >= 11 is 1.78. The Morgan fingerprint density at radius 3 is 2.67 bits per heavy atom. The SMILES string of the molecule is C=CN=C(C1=C(N)CC[C@H]1C)N1CCN(C(=O)[C@H](N)CC2CC=CS2)CC1. The van der Waals surface area contributed by atoms with Crippen LogP contribution in [0.15, 0.2) is 40.5 Å². The first-order valence-electron chi connectivity index (χ1n) is 9.78. The Morgan fingerprint density at radius 2 is 2.11 bits per heavy atom. The minimum Gasteiger partial charge on any atom is -0.402 e. The maximum atomic E-state index is 12.7. The summed E-state index contributed by atoms with van der Waals surface area (Å²) in [5.74, 6) is 1.41. The first-order chi connectivity index (χ1) is 13.0. The van der Waals surface area contributed by atoms with Crippen molar-refractivity contribution >= 4 is 23.5 Å². The summed E-state index contributed by atoms with van der Waals surface area (Å²) in [6.07, 6.45) is 7.47. The second-order valence-corrected chi connectivity index (χ2v) is 8.75. The first-order valence-corrected chi connectivity index (χ1v) is 10.7. The lowest BCUT2D eigenvalue weighted by molar-refractivity contribution is -0.134. The van der Waals surface area contributed by atoms with Gasteiger partial charge in [-0.15, -0.1) is 11.8 Å². The van der Waals surface area contributed by atoms with E-state index in [-0.39, 0.29) is 5.91 Å². The second kappa shape index (κ2) is 8.97. The van der Waals surface area contributed by atoms with Gasteiger partial charge in [0.2, 0.25) is 5.91 Å². The molecule has 1 fully saturated rings. The van der Waals surface area contributed by atoms with Crippen molar-refractivity contribution in [3.05, 3.63) is 35.5 Å². The number of hydrogen-bond acceptors (Lipinski definition) is 5. The Balaban J connectivity index is 1.58. The number of nitrogens with zero attached hydrogens (tertiary/aromatic N) is 3. The van der Waals surface area contributed by atoms with Gasteiger partial charge in [0.05, 0.1) is 6.04 Å². The molecule has 3 rings (SSSR count). The van der Waals surface area contributed by atoms with Crippen LogP contribution in [0.4, 0.5) is 0 Å². The molecule has 2 aliphatic heterocycles. The molecule has 2 heterocycles. The van der Waals surface area contributed by atoms with Crippen LogP contribution < -0.4 is 11.5 Å². The van der Waals surface area contributed by atoms with E-state index in [0.717, 1.165) is 55.9 Å². The van der Waals surface area contributed by atoms with Crippen molar-refractivity contribution in [2.75, 3.05) is 26.2 Å². The molecule has 6 nitrogen and oxygen atoms in total. The zero-order valence-electron chi connectivity index (χ0n) is 16.1. The van der Waals surface area contributed by atoms with Crippen molar-refractivity contribution in [1.82, 2.24) is 9.80 Å². The minimum absolute atomic E-state index is 0.0670. The number of rotatable bonds is 5. The number of nitrogens with two attached hydrogens (primary N) is 2. The molecule has 27 heavy (non-hydrogen) atoms. The highest BCUT2D eigenvalue weighted by Gasteiger charge is 2.32. The van der Waals surface area contributed by atoms with Gasteiger partial charge in [-0.1, -0.05) is 19.6 Å². The van der Waals surface area contributed by atoms with Crippen LogP contribution in [0.25, 0.3) is 0 Å². The Hall–Kier alpha value is -1.73. The fourth-order valence-corrected chi connectivity index (χ4v) is 5.06. The fraction of sp³-hybridized carbons (Fsp3) is 0.600. The summed E-state index contributed by atoms with van der Waals surface area (Å²) < 4.78 is 0. The van der Waals surface area contributed by atoms with E-state index >= 15 is 0 Å². The Labute approximate surface area is 166 Å².